The van der Waals surface area contributed by atoms with Crippen molar-refractivity contribution in [3.8, 4) is 0 Å². The summed E-state index contributed by atoms with van der Waals surface area (Å²) in [6.45, 7) is 0. The molecule has 2 aromatic rings. The Kier molecular flexibility index (Phi) is 3.16. The van der Waals surface area contributed by atoms with E-state index in [1.807, 2.05) is 5.38 Å². The van der Waals surface area contributed by atoms with E-state index in [1.165, 1.54) is 24.0 Å². The van der Waals surface area contributed by atoms with Gasteiger partial charge in [-0.05, 0) is 46.3 Å². The van der Waals surface area contributed by atoms with E-state index in [0.717, 1.165) is 16.2 Å². The predicted octanol–water partition coefficient (Wildman–Crippen LogP) is 3.88. The number of nitrogens with zero attached hydrogens (tertiary/aromatic N) is 1. The third-order valence-electron chi connectivity index (χ3n) is 3.15. The molecule has 4 heteroatoms. The van der Waals surface area contributed by atoms with Gasteiger partial charge in [-0.3, -0.25) is 0 Å². The number of aromatic nitrogens is 1. The zero-order valence-corrected chi connectivity index (χ0v) is 11.7. The second-order valence-corrected chi connectivity index (χ2v) is 6.00. The fourth-order valence-corrected chi connectivity index (χ4v) is 3.54. The molecule has 1 aliphatic rings. The molecule has 1 unspecified atom stereocenters. The Morgan fingerprint density at radius 2 is 2.12 bits per heavy atom. The summed E-state index contributed by atoms with van der Waals surface area (Å²) in [6, 6.07) is 9.25. The third kappa shape index (κ3) is 2.53. The molecule has 0 spiro atoms. The average molecular weight is 309 g/mol. The number of thiazole rings is 1. The first-order valence-corrected chi connectivity index (χ1v) is 7.43. The maximum atomic E-state index is 4.38. The van der Waals surface area contributed by atoms with Gasteiger partial charge in [0.15, 0.2) is 5.13 Å². The lowest BCUT2D eigenvalue weighted by Gasteiger charge is -2.25. The molecule has 1 aromatic heterocycles. The Labute approximate surface area is 113 Å². The smallest absolute Gasteiger partial charge is 0.183 e. The molecule has 0 bridgehead atoms. The molecule has 1 heterocycles. The van der Waals surface area contributed by atoms with Crippen molar-refractivity contribution in [2.24, 2.45) is 0 Å². The maximum absolute atomic E-state index is 4.38. The molecule has 1 N–H and O–H groups in total. The molecule has 1 aliphatic carbocycles. The highest BCUT2D eigenvalue weighted by atomic mass is 79.9. The molecule has 2 nitrogen and oxygen atoms in total. The van der Waals surface area contributed by atoms with E-state index in [9.17, 15) is 0 Å². The van der Waals surface area contributed by atoms with Gasteiger partial charge in [0, 0.05) is 11.4 Å². The summed E-state index contributed by atoms with van der Waals surface area (Å²) < 4.78 is 0.918. The zero-order valence-electron chi connectivity index (χ0n) is 9.32. The van der Waals surface area contributed by atoms with Crippen LogP contribution in [0, 0.1) is 0 Å². The van der Waals surface area contributed by atoms with Gasteiger partial charge in [0.2, 0.25) is 0 Å². The van der Waals surface area contributed by atoms with Crippen molar-refractivity contribution >= 4 is 32.4 Å². The molecule has 0 saturated heterocycles. The summed E-state index contributed by atoms with van der Waals surface area (Å²) in [5.74, 6) is 0. The molecule has 0 fully saturated rings. The fraction of sp³-hybridized carbons (Fsp3) is 0.308. The fourth-order valence-electron chi connectivity index (χ4n) is 2.32. The highest BCUT2D eigenvalue weighted by Crippen LogP contribution is 2.26. The van der Waals surface area contributed by atoms with Crippen LogP contribution in [0.5, 0.6) is 0 Å². The lowest BCUT2D eigenvalue weighted by atomic mass is 9.88. The van der Waals surface area contributed by atoms with Crippen molar-refractivity contribution in [1.82, 2.24) is 4.98 Å². The van der Waals surface area contributed by atoms with Crippen molar-refractivity contribution < 1.29 is 0 Å². The largest absolute Gasteiger partial charge is 0.358 e. The first-order valence-electron chi connectivity index (χ1n) is 5.75. The van der Waals surface area contributed by atoms with Gasteiger partial charge in [-0.15, -0.1) is 11.3 Å². The van der Waals surface area contributed by atoms with E-state index < -0.39 is 0 Å². The summed E-state index contributed by atoms with van der Waals surface area (Å²) in [5, 5.41) is 6.55. The highest BCUT2D eigenvalue weighted by Gasteiger charge is 2.18. The minimum atomic E-state index is 0.517. The number of hydrogen-bond acceptors (Lipinski definition) is 3. The van der Waals surface area contributed by atoms with Gasteiger partial charge in [0.25, 0.3) is 0 Å². The second-order valence-electron chi connectivity index (χ2n) is 4.33. The van der Waals surface area contributed by atoms with Crippen LogP contribution in [0.1, 0.15) is 17.5 Å². The lowest BCUT2D eigenvalue weighted by molar-refractivity contribution is 0.610. The van der Waals surface area contributed by atoms with Crippen molar-refractivity contribution in [2.45, 2.75) is 25.3 Å². The zero-order chi connectivity index (χ0) is 11.7. The number of rotatable bonds is 2. The van der Waals surface area contributed by atoms with Gasteiger partial charge in [0.05, 0.1) is 0 Å². The Morgan fingerprint density at radius 3 is 2.88 bits per heavy atom. The van der Waals surface area contributed by atoms with Gasteiger partial charge < -0.3 is 5.32 Å². The lowest BCUT2D eigenvalue weighted by Crippen LogP contribution is -2.27. The van der Waals surface area contributed by atoms with E-state index >= 15 is 0 Å². The van der Waals surface area contributed by atoms with Crippen molar-refractivity contribution in [3.05, 3.63) is 45.4 Å². The van der Waals surface area contributed by atoms with Crippen LogP contribution in [0.2, 0.25) is 0 Å². The molecule has 3 rings (SSSR count). The van der Waals surface area contributed by atoms with Crippen LogP contribution in [-0.4, -0.2) is 11.0 Å². The third-order valence-corrected chi connectivity index (χ3v) is 4.63. The SMILES string of the molecule is Brc1csc(NC2CCc3ccccc3C2)n1. The average Bonchev–Trinajstić information content (AvgIpc) is 2.75. The summed E-state index contributed by atoms with van der Waals surface area (Å²) in [6.07, 6.45) is 3.46. The molecular formula is C13H13BrN2S. The van der Waals surface area contributed by atoms with Crippen LogP contribution < -0.4 is 5.32 Å². The van der Waals surface area contributed by atoms with Crippen molar-refractivity contribution in [3.63, 3.8) is 0 Å². The molecular weight excluding hydrogens is 296 g/mol. The Hall–Kier alpha value is -0.870. The predicted molar refractivity (Wildman–Crippen MR) is 75.7 cm³/mol. The Bertz CT molecular complexity index is 524. The van der Waals surface area contributed by atoms with E-state index in [-0.39, 0.29) is 0 Å². The number of hydrogen-bond donors (Lipinski definition) is 1. The summed E-state index contributed by atoms with van der Waals surface area (Å²) >= 11 is 5.04. The minimum Gasteiger partial charge on any atom is -0.358 e. The van der Waals surface area contributed by atoms with Crippen molar-refractivity contribution in [1.29, 1.82) is 0 Å². The van der Waals surface area contributed by atoms with E-state index in [0.29, 0.717) is 6.04 Å². The van der Waals surface area contributed by atoms with Crippen molar-refractivity contribution in [2.75, 3.05) is 5.32 Å². The number of nitrogens with one attached hydrogen (secondary N) is 1. The van der Waals surface area contributed by atoms with Crippen LogP contribution >= 0.6 is 27.3 Å². The van der Waals surface area contributed by atoms with Gasteiger partial charge in [-0.25, -0.2) is 4.98 Å². The maximum Gasteiger partial charge on any atom is 0.183 e. The van der Waals surface area contributed by atoms with Gasteiger partial charge in [-0.2, -0.15) is 0 Å². The molecule has 17 heavy (non-hydrogen) atoms. The van der Waals surface area contributed by atoms with Gasteiger partial charge >= 0.3 is 0 Å². The molecule has 1 aromatic carbocycles. The first kappa shape index (κ1) is 11.2. The van der Waals surface area contributed by atoms with E-state index in [2.05, 4.69) is 50.5 Å². The molecule has 0 radical (unpaired) electrons. The minimum absolute atomic E-state index is 0.517. The first-order chi connectivity index (χ1) is 8.31. The van der Waals surface area contributed by atoms with Crippen LogP contribution in [0.3, 0.4) is 0 Å². The number of fused-ring (bicyclic) bond motifs is 1. The number of halogens is 1. The van der Waals surface area contributed by atoms with Crippen LogP contribution in [0.4, 0.5) is 5.13 Å². The quantitative estimate of drug-likeness (QED) is 0.911. The molecule has 0 aliphatic heterocycles. The standard InChI is InChI=1S/C13H13BrN2S/c14-12-8-17-13(16-12)15-11-6-5-9-3-1-2-4-10(9)7-11/h1-4,8,11H,5-7H2,(H,15,16). The summed E-state index contributed by atoms with van der Waals surface area (Å²) in [7, 11) is 0. The van der Waals surface area contributed by atoms with Crippen LogP contribution in [0.15, 0.2) is 34.2 Å². The monoisotopic (exact) mass is 308 g/mol. The normalized spacial score (nSPS) is 18.8. The second kappa shape index (κ2) is 4.78. The Balaban J connectivity index is 1.72. The molecule has 0 saturated carbocycles. The van der Waals surface area contributed by atoms with Crippen LogP contribution in [0.25, 0.3) is 0 Å². The number of aryl methyl sites for hydroxylation is 1. The summed E-state index contributed by atoms with van der Waals surface area (Å²) in [4.78, 5) is 4.38. The highest BCUT2D eigenvalue weighted by molar-refractivity contribution is 9.10. The van der Waals surface area contributed by atoms with Crippen LogP contribution in [-0.2, 0) is 12.8 Å². The summed E-state index contributed by atoms with van der Waals surface area (Å²) in [5.41, 5.74) is 2.98. The Morgan fingerprint density at radius 1 is 1.29 bits per heavy atom. The van der Waals surface area contributed by atoms with E-state index in [4.69, 9.17) is 0 Å². The molecule has 0 amide bonds. The van der Waals surface area contributed by atoms with Gasteiger partial charge in [0.1, 0.15) is 4.60 Å². The topological polar surface area (TPSA) is 24.9 Å². The number of anilines is 1. The molecule has 88 valence electrons. The number of benzene rings is 1. The van der Waals surface area contributed by atoms with E-state index in [1.54, 1.807) is 11.3 Å². The van der Waals surface area contributed by atoms with Gasteiger partial charge in [-0.1, -0.05) is 24.3 Å². The molecule has 1 atom stereocenters.